The van der Waals surface area contributed by atoms with Gasteiger partial charge in [-0.1, -0.05) is 42.5 Å². The molecule has 2 aromatic heterocycles. The van der Waals surface area contributed by atoms with Gasteiger partial charge in [0, 0.05) is 11.1 Å². The minimum absolute atomic E-state index is 0.00332. The molecule has 8 heteroatoms. The Balaban J connectivity index is 1.49. The fourth-order valence-electron chi connectivity index (χ4n) is 3.73. The fraction of sp³-hybridized carbons (Fsp3) is 0.0741. The summed E-state index contributed by atoms with van der Waals surface area (Å²) in [7, 11) is 1.57. The molecule has 7 nitrogen and oxygen atoms in total. The number of benzene rings is 3. The zero-order valence-corrected chi connectivity index (χ0v) is 19.8. The van der Waals surface area contributed by atoms with E-state index in [4.69, 9.17) is 9.15 Å². The van der Waals surface area contributed by atoms with Gasteiger partial charge in [0.15, 0.2) is 0 Å². The molecule has 0 saturated carbocycles. The van der Waals surface area contributed by atoms with Crippen LogP contribution in [0.4, 0.5) is 11.4 Å². The number of rotatable bonds is 6. The van der Waals surface area contributed by atoms with Gasteiger partial charge >= 0.3 is 0 Å². The normalized spacial score (nSPS) is 10.8. The Bertz CT molecular complexity index is 1520. The lowest BCUT2D eigenvalue weighted by molar-refractivity contribution is 0.0999. The van der Waals surface area contributed by atoms with Crippen molar-refractivity contribution in [2.75, 3.05) is 17.7 Å². The van der Waals surface area contributed by atoms with Crippen molar-refractivity contribution in [1.82, 2.24) is 4.98 Å². The molecular formula is C27H21N3O4S. The summed E-state index contributed by atoms with van der Waals surface area (Å²) in [6, 6.07) is 23.7. The minimum atomic E-state index is -0.487. The predicted octanol–water partition coefficient (Wildman–Crippen LogP) is 6.38. The topological polar surface area (TPSA) is 93.5 Å². The molecule has 0 fully saturated rings. The van der Waals surface area contributed by atoms with Crippen LogP contribution in [0.25, 0.3) is 21.4 Å². The van der Waals surface area contributed by atoms with Crippen molar-refractivity contribution >= 4 is 45.5 Å². The number of fused-ring (bicyclic) bond motifs is 1. The second kappa shape index (κ2) is 9.44. The van der Waals surface area contributed by atoms with Gasteiger partial charge in [0.2, 0.25) is 5.76 Å². The summed E-state index contributed by atoms with van der Waals surface area (Å²) in [5, 5.41) is 7.09. The van der Waals surface area contributed by atoms with Crippen LogP contribution in [0, 0.1) is 6.92 Å². The van der Waals surface area contributed by atoms with Crippen LogP contribution >= 0.6 is 11.3 Å². The molecule has 3 aromatic carbocycles. The van der Waals surface area contributed by atoms with E-state index in [0.717, 1.165) is 15.4 Å². The highest BCUT2D eigenvalue weighted by atomic mass is 32.1. The van der Waals surface area contributed by atoms with E-state index in [9.17, 15) is 9.59 Å². The molecule has 2 amide bonds. The van der Waals surface area contributed by atoms with Gasteiger partial charge in [0.1, 0.15) is 22.7 Å². The van der Waals surface area contributed by atoms with Crippen LogP contribution in [0.3, 0.4) is 0 Å². The summed E-state index contributed by atoms with van der Waals surface area (Å²) < 4.78 is 11.0. The van der Waals surface area contributed by atoms with Crippen molar-refractivity contribution < 1.29 is 18.7 Å². The third-order valence-electron chi connectivity index (χ3n) is 5.37. The van der Waals surface area contributed by atoms with E-state index in [-0.39, 0.29) is 5.76 Å². The lowest BCUT2D eigenvalue weighted by Crippen LogP contribution is -2.18. The SMILES string of the molecule is COc1ccc(NC(=O)c2oc3ccccc3c2NC(=O)c2nc(C)sc2-c2ccccc2)cc1. The molecule has 0 spiro atoms. The molecule has 0 saturated heterocycles. The maximum absolute atomic E-state index is 13.4. The molecule has 5 aromatic rings. The van der Waals surface area contributed by atoms with Gasteiger partial charge < -0.3 is 19.8 Å². The summed E-state index contributed by atoms with van der Waals surface area (Å²) in [6.45, 7) is 1.86. The molecule has 0 aliphatic rings. The molecule has 35 heavy (non-hydrogen) atoms. The van der Waals surface area contributed by atoms with E-state index >= 15 is 0 Å². The number of anilines is 2. The Labute approximate surface area is 205 Å². The van der Waals surface area contributed by atoms with Crippen LogP contribution in [0.15, 0.2) is 83.3 Å². The number of amides is 2. The minimum Gasteiger partial charge on any atom is -0.497 e. The van der Waals surface area contributed by atoms with Crippen LogP contribution < -0.4 is 15.4 Å². The Morgan fingerprint density at radius 1 is 0.886 bits per heavy atom. The number of ether oxygens (including phenoxy) is 1. The summed E-state index contributed by atoms with van der Waals surface area (Å²) in [5.74, 6) is -0.228. The van der Waals surface area contributed by atoms with Gasteiger partial charge in [0.05, 0.1) is 17.0 Å². The fourth-order valence-corrected chi connectivity index (χ4v) is 4.65. The predicted molar refractivity (Wildman–Crippen MR) is 137 cm³/mol. The molecule has 2 heterocycles. The van der Waals surface area contributed by atoms with Gasteiger partial charge in [-0.2, -0.15) is 0 Å². The number of methoxy groups -OCH3 is 1. The Morgan fingerprint density at radius 3 is 2.34 bits per heavy atom. The first kappa shape index (κ1) is 22.4. The maximum Gasteiger partial charge on any atom is 0.293 e. The zero-order chi connectivity index (χ0) is 24.4. The van der Waals surface area contributed by atoms with E-state index < -0.39 is 11.8 Å². The number of furan rings is 1. The van der Waals surface area contributed by atoms with Crippen LogP contribution in [-0.2, 0) is 0 Å². The quantitative estimate of drug-likeness (QED) is 0.292. The zero-order valence-electron chi connectivity index (χ0n) is 19.0. The number of carbonyl (C=O) groups is 2. The lowest BCUT2D eigenvalue weighted by atomic mass is 10.1. The molecule has 0 radical (unpaired) electrons. The second-order valence-electron chi connectivity index (χ2n) is 7.72. The Morgan fingerprint density at radius 2 is 1.60 bits per heavy atom. The van der Waals surface area contributed by atoms with E-state index in [1.54, 1.807) is 49.6 Å². The molecule has 0 atom stereocenters. The summed E-state index contributed by atoms with van der Waals surface area (Å²) in [5.41, 5.74) is 2.54. The molecule has 0 aliphatic heterocycles. The summed E-state index contributed by atoms with van der Waals surface area (Å²) in [4.78, 5) is 31.8. The van der Waals surface area contributed by atoms with Crippen molar-refractivity contribution in [3.63, 3.8) is 0 Å². The monoisotopic (exact) mass is 483 g/mol. The first-order valence-corrected chi connectivity index (χ1v) is 11.7. The third-order valence-corrected chi connectivity index (χ3v) is 6.39. The Kier molecular flexibility index (Phi) is 6.03. The third kappa shape index (κ3) is 4.51. The van der Waals surface area contributed by atoms with E-state index in [1.165, 1.54) is 11.3 Å². The lowest BCUT2D eigenvalue weighted by Gasteiger charge is -2.08. The average molecular weight is 484 g/mol. The number of aryl methyl sites for hydroxylation is 1. The van der Waals surface area contributed by atoms with Crippen LogP contribution in [-0.4, -0.2) is 23.9 Å². The van der Waals surface area contributed by atoms with Gasteiger partial charge in [-0.15, -0.1) is 11.3 Å². The van der Waals surface area contributed by atoms with Crippen molar-refractivity contribution in [1.29, 1.82) is 0 Å². The van der Waals surface area contributed by atoms with Crippen molar-refractivity contribution in [3.8, 4) is 16.2 Å². The summed E-state index contributed by atoms with van der Waals surface area (Å²) in [6.07, 6.45) is 0. The molecule has 0 bridgehead atoms. The number of aromatic nitrogens is 1. The van der Waals surface area contributed by atoms with Crippen molar-refractivity contribution in [3.05, 3.63) is 95.3 Å². The standard InChI is InChI=1S/C27H21N3O4S/c1-16-28-23(25(35-16)17-8-4-3-5-9-17)26(31)30-22-20-10-6-7-11-21(20)34-24(22)27(32)29-18-12-14-19(33-2)15-13-18/h3-15H,1-2H3,(H,29,32)(H,30,31). The van der Waals surface area contributed by atoms with Crippen LogP contribution in [0.1, 0.15) is 26.1 Å². The molecule has 5 rings (SSSR count). The summed E-state index contributed by atoms with van der Waals surface area (Å²) >= 11 is 1.44. The maximum atomic E-state index is 13.4. The number of hydrogen-bond acceptors (Lipinski definition) is 6. The van der Waals surface area contributed by atoms with Crippen LogP contribution in [0.2, 0.25) is 0 Å². The first-order chi connectivity index (χ1) is 17.0. The number of nitrogens with zero attached hydrogens (tertiary/aromatic N) is 1. The van der Waals surface area contributed by atoms with Gasteiger partial charge in [-0.05, 0) is 48.9 Å². The van der Waals surface area contributed by atoms with E-state index in [2.05, 4.69) is 15.6 Å². The molecule has 2 N–H and O–H groups in total. The number of para-hydroxylation sites is 1. The van der Waals surface area contributed by atoms with Crippen LogP contribution in [0.5, 0.6) is 5.75 Å². The molecule has 0 unspecified atom stereocenters. The smallest absolute Gasteiger partial charge is 0.293 e. The second-order valence-corrected chi connectivity index (χ2v) is 8.92. The van der Waals surface area contributed by atoms with Gasteiger partial charge in [-0.3, -0.25) is 9.59 Å². The van der Waals surface area contributed by atoms with E-state index in [1.807, 2.05) is 43.3 Å². The van der Waals surface area contributed by atoms with E-state index in [0.29, 0.717) is 33.8 Å². The molecular weight excluding hydrogens is 462 g/mol. The highest BCUT2D eigenvalue weighted by Crippen LogP contribution is 2.34. The van der Waals surface area contributed by atoms with Crippen molar-refractivity contribution in [2.24, 2.45) is 0 Å². The van der Waals surface area contributed by atoms with Gasteiger partial charge in [-0.25, -0.2) is 4.98 Å². The number of hydrogen-bond donors (Lipinski definition) is 2. The number of thiazole rings is 1. The number of carbonyl (C=O) groups excluding carboxylic acids is 2. The largest absolute Gasteiger partial charge is 0.497 e. The number of nitrogens with one attached hydrogen (secondary N) is 2. The highest BCUT2D eigenvalue weighted by Gasteiger charge is 2.25. The van der Waals surface area contributed by atoms with Crippen molar-refractivity contribution in [2.45, 2.75) is 6.92 Å². The molecule has 0 aliphatic carbocycles. The molecule has 174 valence electrons. The Hall–Kier alpha value is -4.43. The average Bonchev–Trinajstić information content (AvgIpc) is 3.46. The highest BCUT2D eigenvalue weighted by molar-refractivity contribution is 7.15. The van der Waals surface area contributed by atoms with Gasteiger partial charge in [0.25, 0.3) is 11.8 Å². The first-order valence-electron chi connectivity index (χ1n) is 10.8.